The summed E-state index contributed by atoms with van der Waals surface area (Å²) in [5.74, 6) is 1.29. The lowest BCUT2D eigenvalue weighted by Gasteiger charge is -2.16. The second kappa shape index (κ2) is 11.5. The standard InChI is InChI=1S/C24H28ClNO5S/c1-2-20(26-30)17-7-8-21(18(24(17)29)12-15-4-5-15)31-10-3-11-32-22-9-6-16(13-19(22)25)14-23(27)28/h6-9,13,15,29-30H,2-5,10-12,14H2,1H3,(H,27,28). The van der Waals surface area contributed by atoms with Crippen molar-refractivity contribution in [1.82, 2.24) is 0 Å². The Labute approximate surface area is 197 Å². The number of aliphatic carboxylic acids is 1. The Morgan fingerprint density at radius 2 is 2.06 bits per heavy atom. The molecule has 6 nitrogen and oxygen atoms in total. The summed E-state index contributed by atoms with van der Waals surface area (Å²) in [6.07, 6.45) is 4.31. The second-order valence-electron chi connectivity index (χ2n) is 7.87. The highest BCUT2D eigenvalue weighted by Gasteiger charge is 2.26. The van der Waals surface area contributed by atoms with Crippen molar-refractivity contribution < 1.29 is 25.0 Å². The highest BCUT2D eigenvalue weighted by Crippen LogP contribution is 2.40. The maximum atomic E-state index is 10.8. The molecule has 32 heavy (non-hydrogen) atoms. The molecule has 1 saturated carbocycles. The van der Waals surface area contributed by atoms with E-state index in [0.29, 0.717) is 46.6 Å². The normalized spacial score (nSPS) is 13.9. The van der Waals surface area contributed by atoms with Crippen LogP contribution >= 0.6 is 23.4 Å². The van der Waals surface area contributed by atoms with Crippen LogP contribution in [0.5, 0.6) is 11.5 Å². The molecule has 0 spiro atoms. The van der Waals surface area contributed by atoms with Gasteiger partial charge in [0.05, 0.1) is 23.8 Å². The summed E-state index contributed by atoms with van der Waals surface area (Å²) >= 11 is 7.88. The van der Waals surface area contributed by atoms with Gasteiger partial charge in [-0.2, -0.15) is 0 Å². The van der Waals surface area contributed by atoms with Crippen LogP contribution in [-0.4, -0.2) is 39.5 Å². The first-order chi connectivity index (χ1) is 15.4. The highest BCUT2D eigenvalue weighted by atomic mass is 35.5. The summed E-state index contributed by atoms with van der Waals surface area (Å²) in [4.78, 5) is 11.7. The number of ether oxygens (including phenoxy) is 1. The van der Waals surface area contributed by atoms with E-state index in [0.717, 1.165) is 41.9 Å². The number of phenols is 1. The first-order valence-corrected chi connectivity index (χ1v) is 12.1. The van der Waals surface area contributed by atoms with E-state index < -0.39 is 5.97 Å². The van der Waals surface area contributed by atoms with Crippen LogP contribution in [0.3, 0.4) is 0 Å². The molecule has 0 radical (unpaired) electrons. The number of thioether (sulfide) groups is 1. The zero-order valence-electron chi connectivity index (χ0n) is 18.0. The van der Waals surface area contributed by atoms with Gasteiger partial charge in [0.25, 0.3) is 0 Å². The lowest BCUT2D eigenvalue weighted by Crippen LogP contribution is -2.06. The van der Waals surface area contributed by atoms with Crippen molar-refractivity contribution in [2.24, 2.45) is 11.1 Å². The van der Waals surface area contributed by atoms with Crippen molar-refractivity contribution in [2.75, 3.05) is 12.4 Å². The van der Waals surface area contributed by atoms with Gasteiger partial charge in [0.2, 0.25) is 0 Å². The Bertz CT molecular complexity index is 991. The molecule has 0 aliphatic heterocycles. The molecule has 2 aromatic rings. The van der Waals surface area contributed by atoms with E-state index in [1.807, 2.05) is 19.1 Å². The van der Waals surface area contributed by atoms with Crippen LogP contribution in [0.1, 0.15) is 49.3 Å². The average molecular weight is 478 g/mol. The third kappa shape index (κ3) is 6.56. The van der Waals surface area contributed by atoms with Crippen molar-refractivity contribution in [3.8, 4) is 11.5 Å². The largest absolute Gasteiger partial charge is 0.507 e. The van der Waals surface area contributed by atoms with Gasteiger partial charge in [-0.15, -0.1) is 11.8 Å². The number of hydrogen-bond donors (Lipinski definition) is 3. The average Bonchev–Trinajstić information content (AvgIpc) is 3.57. The van der Waals surface area contributed by atoms with Crippen molar-refractivity contribution in [3.63, 3.8) is 0 Å². The third-order valence-electron chi connectivity index (χ3n) is 5.35. The fraction of sp³-hybridized carbons (Fsp3) is 0.417. The molecule has 2 aromatic carbocycles. The van der Waals surface area contributed by atoms with Gasteiger partial charge >= 0.3 is 5.97 Å². The lowest BCUT2D eigenvalue weighted by molar-refractivity contribution is -0.136. The van der Waals surface area contributed by atoms with E-state index in [4.69, 9.17) is 21.4 Å². The number of nitrogens with zero attached hydrogens (tertiary/aromatic N) is 1. The van der Waals surface area contributed by atoms with Crippen molar-refractivity contribution in [1.29, 1.82) is 0 Å². The first-order valence-electron chi connectivity index (χ1n) is 10.7. The van der Waals surface area contributed by atoms with E-state index >= 15 is 0 Å². The van der Waals surface area contributed by atoms with Crippen LogP contribution in [0, 0.1) is 5.92 Å². The Morgan fingerprint density at radius 1 is 1.28 bits per heavy atom. The fourth-order valence-corrected chi connectivity index (χ4v) is 4.69. The second-order valence-corrected chi connectivity index (χ2v) is 9.42. The van der Waals surface area contributed by atoms with Crippen LogP contribution in [0.2, 0.25) is 5.02 Å². The van der Waals surface area contributed by atoms with Gasteiger partial charge < -0.3 is 20.2 Å². The van der Waals surface area contributed by atoms with E-state index in [-0.39, 0.29) is 12.2 Å². The lowest BCUT2D eigenvalue weighted by atomic mass is 9.98. The molecule has 0 heterocycles. The summed E-state index contributed by atoms with van der Waals surface area (Å²) < 4.78 is 6.01. The molecule has 8 heteroatoms. The SMILES string of the molecule is CCC(=NO)c1ccc(OCCCSc2ccc(CC(=O)O)cc2Cl)c(CC2CC2)c1O. The third-order valence-corrected chi connectivity index (χ3v) is 6.94. The molecule has 1 fully saturated rings. The maximum Gasteiger partial charge on any atom is 0.307 e. The van der Waals surface area contributed by atoms with Gasteiger partial charge in [0.15, 0.2) is 0 Å². The molecular formula is C24H28ClNO5S. The molecular weight excluding hydrogens is 450 g/mol. The molecule has 1 aliphatic rings. The molecule has 172 valence electrons. The molecule has 0 bridgehead atoms. The fourth-order valence-electron chi connectivity index (χ4n) is 3.48. The van der Waals surface area contributed by atoms with Crippen LogP contribution < -0.4 is 4.74 Å². The van der Waals surface area contributed by atoms with Crippen LogP contribution in [0.25, 0.3) is 0 Å². The monoisotopic (exact) mass is 477 g/mol. The Kier molecular flexibility index (Phi) is 8.70. The minimum atomic E-state index is -0.881. The van der Waals surface area contributed by atoms with E-state index in [1.165, 1.54) is 0 Å². The van der Waals surface area contributed by atoms with Crippen LogP contribution in [-0.2, 0) is 17.6 Å². The Morgan fingerprint density at radius 3 is 2.69 bits per heavy atom. The first kappa shape index (κ1) is 24.3. The molecule has 0 amide bonds. The van der Waals surface area contributed by atoms with E-state index in [9.17, 15) is 15.1 Å². The van der Waals surface area contributed by atoms with Gasteiger partial charge in [-0.05, 0) is 67.9 Å². The van der Waals surface area contributed by atoms with Crippen molar-refractivity contribution in [3.05, 3.63) is 52.0 Å². The number of rotatable bonds is 12. The Balaban J connectivity index is 1.57. The molecule has 3 N–H and O–H groups in total. The van der Waals surface area contributed by atoms with Crippen LogP contribution in [0.15, 0.2) is 40.4 Å². The molecule has 0 atom stereocenters. The number of carboxylic acids is 1. The molecule has 0 aromatic heterocycles. The summed E-state index contributed by atoms with van der Waals surface area (Å²) in [6, 6.07) is 8.92. The summed E-state index contributed by atoms with van der Waals surface area (Å²) in [6.45, 7) is 2.37. The number of phenolic OH excluding ortho intramolecular Hbond substituents is 1. The zero-order valence-corrected chi connectivity index (χ0v) is 19.6. The number of halogens is 1. The predicted molar refractivity (Wildman–Crippen MR) is 127 cm³/mol. The molecule has 3 rings (SSSR count). The maximum absolute atomic E-state index is 10.8. The van der Waals surface area contributed by atoms with Gasteiger partial charge in [0.1, 0.15) is 11.5 Å². The number of carboxylic acid groups (broad SMARTS) is 1. The number of carbonyl (C=O) groups is 1. The van der Waals surface area contributed by atoms with Gasteiger partial charge in [-0.3, -0.25) is 4.79 Å². The van der Waals surface area contributed by atoms with Gasteiger partial charge in [-0.25, -0.2) is 0 Å². The number of oxime groups is 1. The minimum Gasteiger partial charge on any atom is -0.507 e. The summed E-state index contributed by atoms with van der Waals surface area (Å²) in [7, 11) is 0. The topological polar surface area (TPSA) is 99.4 Å². The van der Waals surface area contributed by atoms with E-state index in [1.54, 1.807) is 30.0 Å². The van der Waals surface area contributed by atoms with Crippen molar-refractivity contribution >= 4 is 35.0 Å². The Hall–Kier alpha value is -2.38. The summed E-state index contributed by atoms with van der Waals surface area (Å²) in [5.41, 5.74) is 2.46. The zero-order chi connectivity index (χ0) is 23.1. The van der Waals surface area contributed by atoms with Gasteiger partial charge in [0, 0.05) is 21.8 Å². The number of hydrogen-bond acceptors (Lipinski definition) is 6. The minimum absolute atomic E-state index is 0.0444. The number of benzene rings is 2. The molecule has 1 aliphatic carbocycles. The smallest absolute Gasteiger partial charge is 0.307 e. The predicted octanol–water partition coefficient (Wildman–Crippen LogP) is 5.77. The van der Waals surface area contributed by atoms with Gasteiger partial charge in [-0.1, -0.05) is 29.7 Å². The molecule has 0 saturated heterocycles. The van der Waals surface area contributed by atoms with E-state index in [2.05, 4.69) is 5.16 Å². The summed E-state index contributed by atoms with van der Waals surface area (Å²) in [5, 5.41) is 32.8. The quantitative estimate of drug-likeness (QED) is 0.118. The van der Waals surface area contributed by atoms with Crippen LogP contribution in [0.4, 0.5) is 0 Å². The van der Waals surface area contributed by atoms with Crippen molar-refractivity contribution in [2.45, 2.75) is 50.3 Å². The number of aromatic hydroxyl groups is 1. The molecule has 0 unspecified atom stereocenters. The highest BCUT2D eigenvalue weighted by molar-refractivity contribution is 7.99.